The molecule has 0 radical (unpaired) electrons. The fraction of sp³-hybridized carbons (Fsp3) is 0.458. The Bertz CT molecular complexity index is 908. The summed E-state index contributed by atoms with van der Waals surface area (Å²) in [6.07, 6.45) is 5.66. The molecule has 1 unspecified atom stereocenters. The lowest BCUT2D eigenvalue weighted by molar-refractivity contribution is -0.140. The van der Waals surface area contributed by atoms with Crippen LogP contribution >= 0.6 is 0 Å². The van der Waals surface area contributed by atoms with Gasteiger partial charge < -0.3 is 9.47 Å². The number of hydrogen-bond acceptors (Lipinski definition) is 5. The molecule has 0 bridgehead atoms. The molecule has 170 valence electrons. The van der Waals surface area contributed by atoms with E-state index in [0.29, 0.717) is 12.2 Å². The van der Waals surface area contributed by atoms with Crippen LogP contribution in [0.3, 0.4) is 0 Å². The monoisotopic (exact) mass is 447 g/mol. The standard InChI is InChI=1S/C24H33NO5S/c1-4-5-6-9-23(25-31(27,28)22-17-15-21(29-2)16-18-22)20-13-11-19(12-14-20)8-7-10-24(26)30-3/h11-18,23,25H,4-10H2,1-3H3. The van der Waals surface area contributed by atoms with Crippen LogP contribution in [0.5, 0.6) is 5.75 Å². The first-order valence-corrected chi connectivity index (χ1v) is 12.2. The van der Waals surface area contributed by atoms with Crippen molar-refractivity contribution in [3.8, 4) is 5.75 Å². The Balaban J connectivity index is 2.12. The second-order valence-corrected chi connectivity index (χ2v) is 9.23. The summed E-state index contributed by atoms with van der Waals surface area (Å²) in [7, 11) is -0.726. The Morgan fingerprint density at radius 1 is 0.968 bits per heavy atom. The van der Waals surface area contributed by atoms with E-state index in [9.17, 15) is 13.2 Å². The van der Waals surface area contributed by atoms with E-state index in [1.165, 1.54) is 7.11 Å². The summed E-state index contributed by atoms with van der Waals surface area (Å²) < 4.78 is 38.6. The lowest BCUT2D eigenvalue weighted by atomic mass is 9.99. The van der Waals surface area contributed by atoms with E-state index < -0.39 is 10.0 Å². The first-order valence-electron chi connectivity index (χ1n) is 10.7. The van der Waals surface area contributed by atoms with E-state index in [1.807, 2.05) is 24.3 Å². The highest BCUT2D eigenvalue weighted by Crippen LogP contribution is 2.24. The summed E-state index contributed by atoms with van der Waals surface area (Å²) in [6.45, 7) is 2.12. The first-order chi connectivity index (χ1) is 14.9. The normalized spacial score (nSPS) is 12.4. The summed E-state index contributed by atoms with van der Waals surface area (Å²) in [6, 6.07) is 14.0. The summed E-state index contributed by atoms with van der Waals surface area (Å²) in [5, 5.41) is 0. The van der Waals surface area contributed by atoms with Gasteiger partial charge in [-0.1, -0.05) is 50.5 Å². The van der Waals surface area contributed by atoms with E-state index in [-0.39, 0.29) is 16.9 Å². The molecule has 31 heavy (non-hydrogen) atoms. The van der Waals surface area contributed by atoms with Gasteiger partial charge in [-0.3, -0.25) is 4.79 Å². The summed E-state index contributed by atoms with van der Waals surface area (Å²) >= 11 is 0. The van der Waals surface area contributed by atoms with Crippen molar-refractivity contribution in [1.82, 2.24) is 4.72 Å². The smallest absolute Gasteiger partial charge is 0.305 e. The average molecular weight is 448 g/mol. The Kier molecular flexibility index (Phi) is 10.0. The van der Waals surface area contributed by atoms with E-state index in [2.05, 4.69) is 16.4 Å². The molecule has 0 aliphatic rings. The quantitative estimate of drug-likeness (QED) is 0.353. The third kappa shape index (κ3) is 7.99. The summed E-state index contributed by atoms with van der Waals surface area (Å²) in [5.74, 6) is 0.404. The molecule has 2 rings (SSSR count). The molecule has 2 aromatic rings. The molecular weight excluding hydrogens is 414 g/mol. The number of esters is 1. The maximum atomic E-state index is 13.0. The molecule has 1 N–H and O–H groups in total. The van der Waals surface area contributed by atoms with E-state index in [4.69, 9.17) is 4.74 Å². The second-order valence-electron chi connectivity index (χ2n) is 7.52. The number of carbonyl (C=O) groups is 1. The molecule has 0 saturated heterocycles. The van der Waals surface area contributed by atoms with Gasteiger partial charge in [0.25, 0.3) is 0 Å². The highest BCUT2D eigenvalue weighted by molar-refractivity contribution is 7.89. The van der Waals surface area contributed by atoms with Gasteiger partial charge in [0.15, 0.2) is 0 Å². The second kappa shape index (κ2) is 12.5. The SMILES string of the molecule is CCCCCC(NS(=O)(=O)c1ccc(OC)cc1)c1ccc(CCCC(=O)OC)cc1. The van der Waals surface area contributed by atoms with Crippen molar-refractivity contribution in [1.29, 1.82) is 0 Å². The van der Waals surface area contributed by atoms with Crippen LogP contribution in [-0.4, -0.2) is 28.6 Å². The fourth-order valence-corrected chi connectivity index (χ4v) is 4.62. The molecule has 2 aromatic carbocycles. The van der Waals surface area contributed by atoms with Crippen LogP contribution in [0.15, 0.2) is 53.4 Å². The van der Waals surface area contributed by atoms with Gasteiger partial charge in [0.2, 0.25) is 10.0 Å². The van der Waals surface area contributed by atoms with Gasteiger partial charge in [0.1, 0.15) is 5.75 Å². The Hall–Kier alpha value is -2.38. The van der Waals surface area contributed by atoms with Gasteiger partial charge in [-0.2, -0.15) is 0 Å². The van der Waals surface area contributed by atoms with Gasteiger partial charge in [-0.15, -0.1) is 0 Å². The first kappa shape index (κ1) is 24.9. The number of sulfonamides is 1. The number of ether oxygens (including phenoxy) is 2. The predicted octanol–water partition coefficient (Wildman–Crippen LogP) is 4.79. The van der Waals surface area contributed by atoms with Gasteiger partial charge >= 0.3 is 5.97 Å². The molecule has 1 atom stereocenters. The molecule has 7 heteroatoms. The number of nitrogens with one attached hydrogen (secondary N) is 1. The molecule has 0 heterocycles. The fourth-order valence-electron chi connectivity index (χ4n) is 3.36. The summed E-state index contributed by atoms with van der Waals surface area (Å²) in [4.78, 5) is 11.5. The molecule has 0 aliphatic heterocycles. The number of unbranched alkanes of at least 4 members (excludes halogenated alkanes) is 2. The molecule has 0 fully saturated rings. The highest BCUT2D eigenvalue weighted by Gasteiger charge is 2.21. The van der Waals surface area contributed by atoms with Crippen LogP contribution < -0.4 is 9.46 Å². The summed E-state index contributed by atoms with van der Waals surface area (Å²) in [5.41, 5.74) is 2.04. The van der Waals surface area contributed by atoms with E-state index >= 15 is 0 Å². The lowest BCUT2D eigenvalue weighted by Crippen LogP contribution is -2.28. The van der Waals surface area contributed by atoms with Crippen LogP contribution in [-0.2, 0) is 26.0 Å². The zero-order valence-electron chi connectivity index (χ0n) is 18.6. The third-order valence-electron chi connectivity index (χ3n) is 5.22. The molecule has 6 nitrogen and oxygen atoms in total. The highest BCUT2D eigenvalue weighted by atomic mass is 32.2. The van der Waals surface area contributed by atoms with Gasteiger partial charge in [-0.05, 0) is 54.7 Å². The number of carbonyl (C=O) groups excluding carboxylic acids is 1. The van der Waals surface area contributed by atoms with Crippen LogP contribution in [0.4, 0.5) is 0 Å². The van der Waals surface area contributed by atoms with Crippen molar-refractivity contribution in [3.63, 3.8) is 0 Å². The van der Waals surface area contributed by atoms with E-state index in [1.54, 1.807) is 31.4 Å². The van der Waals surface area contributed by atoms with E-state index in [0.717, 1.165) is 49.7 Å². The van der Waals surface area contributed by atoms with Gasteiger partial charge in [-0.25, -0.2) is 13.1 Å². The predicted molar refractivity (Wildman–Crippen MR) is 122 cm³/mol. The van der Waals surface area contributed by atoms with Crippen molar-refractivity contribution in [3.05, 3.63) is 59.7 Å². The number of benzene rings is 2. The van der Waals surface area contributed by atoms with Crippen molar-refractivity contribution in [2.24, 2.45) is 0 Å². The molecule has 0 saturated carbocycles. The number of aryl methyl sites for hydroxylation is 1. The zero-order chi connectivity index (χ0) is 22.7. The topological polar surface area (TPSA) is 81.7 Å². The Morgan fingerprint density at radius 3 is 2.23 bits per heavy atom. The van der Waals surface area contributed by atoms with Crippen molar-refractivity contribution in [2.45, 2.75) is 62.8 Å². The zero-order valence-corrected chi connectivity index (χ0v) is 19.4. The minimum Gasteiger partial charge on any atom is -0.497 e. The van der Waals surface area contributed by atoms with Crippen LogP contribution in [0.2, 0.25) is 0 Å². The molecular formula is C24H33NO5S. The lowest BCUT2D eigenvalue weighted by Gasteiger charge is -2.20. The molecule has 0 spiro atoms. The molecule has 0 aromatic heterocycles. The minimum absolute atomic E-state index is 0.208. The van der Waals surface area contributed by atoms with Crippen molar-refractivity contribution < 1.29 is 22.7 Å². The largest absolute Gasteiger partial charge is 0.497 e. The van der Waals surface area contributed by atoms with Crippen LogP contribution in [0.1, 0.15) is 62.6 Å². The Morgan fingerprint density at radius 2 is 1.65 bits per heavy atom. The van der Waals surface area contributed by atoms with Gasteiger partial charge in [0, 0.05) is 12.5 Å². The molecule has 0 aliphatic carbocycles. The average Bonchev–Trinajstić information content (AvgIpc) is 2.79. The molecule has 0 amide bonds. The van der Waals surface area contributed by atoms with Crippen molar-refractivity contribution >= 4 is 16.0 Å². The Labute approximate surface area is 186 Å². The maximum absolute atomic E-state index is 13.0. The number of hydrogen-bond donors (Lipinski definition) is 1. The maximum Gasteiger partial charge on any atom is 0.305 e. The van der Waals surface area contributed by atoms with Crippen molar-refractivity contribution in [2.75, 3.05) is 14.2 Å². The van der Waals surface area contributed by atoms with Crippen LogP contribution in [0.25, 0.3) is 0 Å². The number of methoxy groups -OCH3 is 2. The minimum atomic E-state index is -3.66. The number of rotatable bonds is 13. The van der Waals surface area contributed by atoms with Crippen LogP contribution in [0, 0.1) is 0 Å². The van der Waals surface area contributed by atoms with Gasteiger partial charge in [0.05, 0.1) is 19.1 Å². The third-order valence-corrected chi connectivity index (χ3v) is 6.71.